The van der Waals surface area contributed by atoms with E-state index in [9.17, 15) is 4.39 Å². The molecule has 1 N–H and O–H groups in total. The lowest BCUT2D eigenvalue weighted by Gasteiger charge is -2.36. The number of hydrogen-bond acceptors (Lipinski definition) is 5. The van der Waals surface area contributed by atoms with E-state index in [1.807, 2.05) is 18.2 Å². The lowest BCUT2D eigenvalue weighted by Crippen LogP contribution is -2.42. The largest absolute Gasteiger partial charge is 0.298 e. The number of benzene rings is 1. The normalized spacial score (nSPS) is 14.0. The van der Waals surface area contributed by atoms with Crippen molar-refractivity contribution in [2.24, 2.45) is 0 Å². The second-order valence-corrected chi connectivity index (χ2v) is 7.54. The summed E-state index contributed by atoms with van der Waals surface area (Å²) in [6, 6.07) is 13.1. The fourth-order valence-corrected chi connectivity index (χ4v) is 3.88. The number of rotatable bonds is 8. The molecule has 3 aromatic rings. The Morgan fingerprint density at radius 2 is 1.75 bits per heavy atom. The molecule has 0 spiro atoms. The Labute approximate surface area is 165 Å². The molecule has 6 nitrogen and oxygen atoms in total. The molecule has 148 valence electrons. The summed E-state index contributed by atoms with van der Waals surface area (Å²) in [7, 11) is 0. The van der Waals surface area contributed by atoms with Crippen molar-refractivity contribution < 1.29 is 4.39 Å². The zero-order chi connectivity index (χ0) is 20.1. The van der Waals surface area contributed by atoms with Crippen LogP contribution in [0.25, 0.3) is 0 Å². The second-order valence-electron chi connectivity index (χ2n) is 7.54. The number of H-pyrrole nitrogens is 1. The molecule has 0 fully saturated rings. The van der Waals surface area contributed by atoms with E-state index in [-0.39, 0.29) is 5.82 Å². The van der Waals surface area contributed by atoms with Gasteiger partial charge >= 0.3 is 0 Å². The zero-order valence-electron chi connectivity index (χ0n) is 16.8. The minimum absolute atomic E-state index is 0.280. The summed E-state index contributed by atoms with van der Waals surface area (Å²) in [4.78, 5) is 7.06. The maximum atomic E-state index is 13.7. The van der Waals surface area contributed by atoms with Crippen LogP contribution in [0.5, 0.6) is 0 Å². The molecule has 7 heteroatoms. The van der Waals surface area contributed by atoms with E-state index >= 15 is 0 Å². The Morgan fingerprint density at radius 3 is 2.29 bits per heavy atom. The maximum absolute atomic E-state index is 13.7. The molecule has 2 aromatic heterocycles. The van der Waals surface area contributed by atoms with E-state index in [1.54, 1.807) is 18.3 Å². The summed E-state index contributed by atoms with van der Waals surface area (Å²) in [5.74, 6) is 0.253. The third kappa shape index (κ3) is 3.94. The Balaban J connectivity index is 2.15. The van der Waals surface area contributed by atoms with Crippen molar-refractivity contribution >= 4 is 0 Å². The van der Waals surface area contributed by atoms with Gasteiger partial charge in [0.1, 0.15) is 11.2 Å². The Kier molecular flexibility index (Phi) is 6.14. The van der Waals surface area contributed by atoms with Crippen LogP contribution in [0.2, 0.25) is 0 Å². The van der Waals surface area contributed by atoms with Gasteiger partial charge in [0.15, 0.2) is 5.82 Å². The predicted molar refractivity (Wildman–Crippen MR) is 106 cm³/mol. The van der Waals surface area contributed by atoms with Gasteiger partial charge in [0.2, 0.25) is 0 Å². The van der Waals surface area contributed by atoms with Crippen molar-refractivity contribution in [2.45, 2.75) is 51.6 Å². The fraction of sp³-hybridized carbons (Fsp3) is 0.429. The molecule has 0 bridgehead atoms. The molecule has 3 rings (SSSR count). The maximum Gasteiger partial charge on any atom is 0.191 e. The molecule has 0 amide bonds. The molecular weight excluding hydrogens is 355 g/mol. The third-order valence-corrected chi connectivity index (χ3v) is 5.24. The van der Waals surface area contributed by atoms with Crippen LogP contribution in [0.4, 0.5) is 4.39 Å². The van der Waals surface area contributed by atoms with Crippen molar-refractivity contribution in [1.82, 2.24) is 30.5 Å². The van der Waals surface area contributed by atoms with Gasteiger partial charge in [-0.25, -0.2) is 4.39 Å². The molecule has 0 aliphatic carbocycles. The molecule has 2 heterocycles. The van der Waals surface area contributed by atoms with Crippen molar-refractivity contribution in [1.29, 1.82) is 0 Å². The summed E-state index contributed by atoms with van der Waals surface area (Å²) in [6.07, 6.45) is 2.45. The van der Waals surface area contributed by atoms with Crippen LogP contribution in [0.15, 0.2) is 48.7 Å². The monoisotopic (exact) mass is 382 g/mol. The smallest absolute Gasteiger partial charge is 0.191 e. The van der Waals surface area contributed by atoms with Crippen LogP contribution in [-0.2, 0) is 5.41 Å². The van der Waals surface area contributed by atoms with Gasteiger partial charge in [-0.3, -0.25) is 9.88 Å². The number of aromatic amines is 1. The first-order valence-electron chi connectivity index (χ1n) is 9.62. The van der Waals surface area contributed by atoms with Crippen LogP contribution in [0.1, 0.15) is 51.2 Å². The molecule has 0 aliphatic rings. The van der Waals surface area contributed by atoms with Gasteiger partial charge in [-0.15, -0.1) is 10.2 Å². The van der Waals surface area contributed by atoms with Gasteiger partial charge in [0, 0.05) is 24.8 Å². The lowest BCUT2D eigenvalue weighted by atomic mass is 9.73. The van der Waals surface area contributed by atoms with Crippen molar-refractivity contribution in [3.8, 4) is 0 Å². The number of nitrogens with zero attached hydrogens (tertiary/aromatic N) is 5. The minimum atomic E-state index is -0.732. The average molecular weight is 382 g/mol. The molecule has 28 heavy (non-hydrogen) atoms. The first-order valence-corrected chi connectivity index (χ1v) is 9.62. The number of pyridine rings is 1. The molecule has 0 aliphatic heterocycles. The summed E-state index contributed by atoms with van der Waals surface area (Å²) in [5.41, 5.74) is 0.973. The molecule has 1 unspecified atom stereocenters. The predicted octanol–water partition coefficient (Wildman–Crippen LogP) is 3.58. The third-order valence-electron chi connectivity index (χ3n) is 5.24. The van der Waals surface area contributed by atoms with Gasteiger partial charge < -0.3 is 0 Å². The van der Waals surface area contributed by atoms with Crippen molar-refractivity contribution in [3.63, 3.8) is 0 Å². The van der Waals surface area contributed by atoms with Crippen LogP contribution < -0.4 is 0 Å². The molecular formula is C21H27FN6. The SMILES string of the molecule is CC(C)N(CCC(c1ccc(F)cc1)(c1ccccn1)c1nn[nH]n1)C(C)C. The second kappa shape index (κ2) is 8.56. The molecule has 1 aromatic carbocycles. The highest BCUT2D eigenvalue weighted by Gasteiger charge is 2.42. The topological polar surface area (TPSA) is 70.6 Å². The molecule has 1 atom stereocenters. The summed E-state index contributed by atoms with van der Waals surface area (Å²) in [6.45, 7) is 9.56. The van der Waals surface area contributed by atoms with Crippen LogP contribution >= 0.6 is 0 Å². The van der Waals surface area contributed by atoms with Crippen LogP contribution in [0.3, 0.4) is 0 Å². The fourth-order valence-electron chi connectivity index (χ4n) is 3.88. The quantitative estimate of drug-likeness (QED) is 0.645. The Morgan fingerprint density at radius 1 is 1.04 bits per heavy atom. The van der Waals surface area contributed by atoms with Gasteiger partial charge in [-0.1, -0.05) is 23.4 Å². The number of hydrogen-bond donors (Lipinski definition) is 1. The number of nitrogens with one attached hydrogen (secondary N) is 1. The molecule has 0 saturated carbocycles. The summed E-state index contributed by atoms with van der Waals surface area (Å²) < 4.78 is 13.7. The first-order chi connectivity index (χ1) is 13.4. The van der Waals surface area contributed by atoms with E-state index in [0.717, 1.165) is 17.8 Å². The first kappa shape index (κ1) is 20.1. The summed E-state index contributed by atoms with van der Waals surface area (Å²) in [5, 5.41) is 15.0. The van der Waals surface area contributed by atoms with Gasteiger partial charge in [0.05, 0.1) is 5.69 Å². The van der Waals surface area contributed by atoms with Crippen LogP contribution in [-0.4, -0.2) is 49.1 Å². The van der Waals surface area contributed by atoms with Gasteiger partial charge in [0.25, 0.3) is 0 Å². The number of aromatic nitrogens is 5. The lowest BCUT2D eigenvalue weighted by molar-refractivity contribution is 0.163. The average Bonchev–Trinajstić information content (AvgIpc) is 3.21. The highest BCUT2D eigenvalue weighted by atomic mass is 19.1. The van der Waals surface area contributed by atoms with Gasteiger partial charge in [-0.2, -0.15) is 5.21 Å². The molecule has 0 radical (unpaired) electrons. The highest BCUT2D eigenvalue weighted by molar-refractivity contribution is 5.43. The van der Waals surface area contributed by atoms with E-state index in [4.69, 9.17) is 0 Å². The van der Waals surface area contributed by atoms with E-state index < -0.39 is 5.41 Å². The van der Waals surface area contributed by atoms with E-state index in [1.165, 1.54) is 12.1 Å². The Hall–Kier alpha value is -2.67. The highest BCUT2D eigenvalue weighted by Crippen LogP contribution is 2.39. The van der Waals surface area contributed by atoms with E-state index in [0.29, 0.717) is 24.3 Å². The van der Waals surface area contributed by atoms with Gasteiger partial charge in [-0.05, 0) is 63.9 Å². The van der Waals surface area contributed by atoms with Crippen molar-refractivity contribution in [2.75, 3.05) is 6.54 Å². The number of halogens is 1. The standard InChI is InChI=1S/C21H27FN6/c1-15(2)28(16(3)4)14-12-21(20-24-26-27-25-20,19-7-5-6-13-23-19)17-8-10-18(22)11-9-17/h5-11,13,15-16H,12,14H2,1-4H3,(H,24,25,26,27). The molecule has 0 saturated heterocycles. The minimum Gasteiger partial charge on any atom is -0.298 e. The zero-order valence-corrected chi connectivity index (χ0v) is 16.8. The number of tetrazole rings is 1. The van der Waals surface area contributed by atoms with Crippen molar-refractivity contribution in [3.05, 3.63) is 71.6 Å². The van der Waals surface area contributed by atoms with Crippen LogP contribution in [0, 0.1) is 5.82 Å². The Bertz CT molecular complexity index is 840. The summed E-state index contributed by atoms with van der Waals surface area (Å²) >= 11 is 0. The van der Waals surface area contributed by atoms with E-state index in [2.05, 4.69) is 58.2 Å².